The van der Waals surface area contributed by atoms with E-state index in [0.29, 0.717) is 25.2 Å². The molecule has 1 heterocycles. The number of hydrogen-bond acceptors (Lipinski definition) is 3. The first-order chi connectivity index (χ1) is 8.36. The fourth-order valence-corrected chi connectivity index (χ4v) is 1.50. The van der Waals surface area contributed by atoms with Crippen LogP contribution in [0.25, 0.3) is 0 Å². The molecule has 2 rings (SSSR count). The Hall–Kier alpha value is -2.03. The Kier molecular flexibility index (Phi) is 3.97. The summed E-state index contributed by atoms with van der Waals surface area (Å²) in [5.74, 6) is 1.27. The number of para-hydroxylation sites is 1. The van der Waals surface area contributed by atoms with Gasteiger partial charge in [0.1, 0.15) is 5.75 Å². The summed E-state index contributed by atoms with van der Waals surface area (Å²) >= 11 is 0. The van der Waals surface area contributed by atoms with Crippen molar-refractivity contribution in [3.63, 3.8) is 0 Å². The van der Waals surface area contributed by atoms with E-state index in [9.17, 15) is 4.79 Å². The largest absolute Gasteiger partial charge is 0.494 e. The number of hydrogen-bond donors (Lipinski definition) is 0. The third-order valence-electron chi connectivity index (χ3n) is 2.36. The van der Waals surface area contributed by atoms with Crippen LogP contribution in [0.3, 0.4) is 0 Å². The molecule has 3 heteroatoms. The highest BCUT2D eigenvalue weighted by Crippen LogP contribution is 2.10. The second kappa shape index (κ2) is 5.89. The Morgan fingerprint density at radius 2 is 1.94 bits per heavy atom. The van der Waals surface area contributed by atoms with Crippen LogP contribution in [0.4, 0.5) is 0 Å². The van der Waals surface area contributed by atoms with Gasteiger partial charge in [0, 0.05) is 6.42 Å². The summed E-state index contributed by atoms with van der Waals surface area (Å²) in [5, 5.41) is 0. The lowest BCUT2D eigenvalue weighted by Crippen LogP contribution is -2.02. The zero-order chi connectivity index (χ0) is 11.9. The molecule has 0 aliphatic carbocycles. The van der Waals surface area contributed by atoms with Crippen molar-refractivity contribution in [3.05, 3.63) is 54.5 Å². The van der Waals surface area contributed by atoms with E-state index in [0.717, 1.165) is 5.75 Å². The van der Waals surface area contributed by atoms with E-state index in [2.05, 4.69) is 0 Å². The number of carbonyl (C=O) groups is 1. The van der Waals surface area contributed by atoms with Gasteiger partial charge in [-0.3, -0.25) is 4.79 Å². The van der Waals surface area contributed by atoms with E-state index in [4.69, 9.17) is 9.15 Å². The van der Waals surface area contributed by atoms with Gasteiger partial charge >= 0.3 is 0 Å². The number of benzene rings is 1. The molecule has 0 atom stereocenters. The normalized spacial score (nSPS) is 10.1. The molecule has 0 saturated heterocycles. The van der Waals surface area contributed by atoms with E-state index in [-0.39, 0.29) is 5.78 Å². The Morgan fingerprint density at radius 3 is 2.65 bits per heavy atom. The van der Waals surface area contributed by atoms with Crippen LogP contribution in [0.15, 0.2) is 53.1 Å². The van der Waals surface area contributed by atoms with Gasteiger partial charge in [0.2, 0.25) is 0 Å². The molecular formula is C14H14O3. The Balaban J connectivity index is 1.69. The molecule has 0 aliphatic heterocycles. The van der Waals surface area contributed by atoms with Gasteiger partial charge in [-0.05, 0) is 30.7 Å². The number of furan rings is 1. The molecule has 2 aromatic rings. The summed E-state index contributed by atoms with van der Waals surface area (Å²) in [6, 6.07) is 13.0. The highest BCUT2D eigenvalue weighted by atomic mass is 16.5. The lowest BCUT2D eigenvalue weighted by molar-refractivity contribution is 0.0946. The van der Waals surface area contributed by atoms with Crippen molar-refractivity contribution in [2.75, 3.05) is 6.61 Å². The van der Waals surface area contributed by atoms with E-state index in [1.54, 1.807) is 12.1 Å². The minimum atomic E-state index is 0.0201. The minimum Gasteiger partial charge on any atom is -0.494 e. The number of Topliss-reactive ketones (excluding diaryl/α,β-unsaturated/α-hetero) is 1. The Labute approximate surface area is 100 Å². The van der Waals surface area contributed by atoms with Crippen molar-refractivity contribution >= 4 is 5.78 Å². The Morgan fingerprint density at radius 1 is 1.12 bits per heavy atom. The molecule has 0 saturated carbocycles. The predicted molar refractivity (Wildman–Crippen MR) is 64.2 cm³/mol. The first kappa shape index (κ1) is 11.5. The topological polar surface area (TPSA) is 39.4 Å². The SMILES string of the molecule is O=C(CCCOc1ccccc1)c1ccco1. The third kappa shape index (κ3) is 3.48. The highest BCUT2D eigenvalue weighted by molar-refractivity contribution is 5.93. The molecular weight excluding hydrogens is 216 g/mol. The molecule has 0 radical (unpaired) electrons. The van der Waals surface area contributed by atoms with Gasteiger partial charge in [-0.15, -0.1) is 0 Å². The molecule has 1 aromatic carbocycles. The molecule has 17 heavy (non-hydrogen) atoms. The molecule has 88 valence electrons. The molecule has 3 nitrogen and oxygen atoms in total. The average molecular weight is 230 g/mol. The molecule has 0 unspecified atom stereocenters. The molecule has 0 spiro atoms. The summed E-state index contributed by atoms with van der Waals surface area (Å²) < 4.78 is 10.5. The smallest absolute Gasteiger partial charge is 0.198 e. The maximum atomic E-state index is 11.6. The van der Waals surface area contributed by atoms with Crippen molar-refractivity contribution in [1.29, 1.82) is 0 Å². The summed E-state index contributed by atoms with van der Waals surface area (Å²) in [7, 11) is 0. The number of rotatable bonds is 6. The summed E-state index contributed by atoms with van der Waals surface area (Å²) in [5.41, 5.74) is 0. The highest BCUT2D eigenvalue weighted by Gasteiger charge is 2.07. The van der Waals surface area contributed by atoms with Crippen LogP contribution >= 0.6 is 0 Å². The predicted octanol–water partition coefficient (Wildman–Crippen LogP) is 3.32. The van der Waals surface area contributed by atoms with Crippen molar-refractivity contribution in [1.82, 2.24) is 0 Å². The standard InChI is InChI=1S/C14H14O3/c15-13(14-9-5-11-17-14)8-4-10-16-12-6-2-1-3-7-12/h1-3,5-7,9,11H,4,8,10H2. The van der Waals surface area contributed by atoms with Crippen LogP contribution in [0.1, 0.15) is 23.4 Å². The zero-order valence-electron chi connectivity index (χ0n) is 9.46. The second-order valence-electron chi connectivity index (χ2n) is 3.67. The van der Waals surface area contributed by atoms with Crippen LogP contribution in [-0.4, -0.2) is 12.4 Å². The van der Waals surface area contributed by atoms with Crippen molar-refractivity contribution in [2.45, 2.75) is 12.8 Å². The van der Waals surface area contributed by atoms with Gasteiger partial charge in [0.25, 0.3) is 0 Å². The van der Waals surface area contributed by atoms with Gasteiger partial charge in [0.15, 0.2) is 11.5 Å². The van der Waals surface area contributed by atoms with Crippen molar-refractivity contribution < 1.29 is 13.9 Å². The Bertz CT molecular complexity index is 446. The zero-order valence-corrected chi connectivity index (χ0v) is 9.46. The van der Waals surface area contributed by atoms with Crippen LogP contribution in [0.2, 0.25) is 0 Å². The van der Waals surface area contributed by atoms with Crippen molar-refractivity contribution in [2.24, 2.45) is 0 Å². The molecule has 0 bridgehead atoms. The van der Waals surface area contributed by atoms with Gasteiger partial charge in [-0.1, -0.05) is 18.2 Å². The van der Waals surface area contributed by atoms with Crippen molar-refractivity contribution in [3.8, 4) is 5.75 Å². The van der Waals surface area contributed by atoms with E-state index < -0.39 is 0 Å². The molecule has 0 N–H and O–H groups in total. The van der Waals surface area contributed by atoms with Crippen LogP contribution in [0, 0.1) is 0 Å². The fourth-order valence-electron chi connectivity index (χ4n) is 1.50. The number of ether oxygens (including phenoxy) is 1. The first-order valence-electron chi connectivity index (χ1n) is 5.61. The van der Waals surface area contributed by atoms with Crippen LogP contribution in [-0.2, 0) is 0 Å². The lowest BCUT2D eigenvalue weighted by Gasteiger charge is -2.04. The van der Waals surface area contributed by atoms with Gasteiger partial charge in [-0.2, -0.15) is 0 Å². The van der Waals surface area contributed by atoms with Crippen LogP contribution < -0.4 is 4.74 Å². The van der Waals surface area contributed by atoms with E-state index in [1.165, 1.54) is 6.26 Å². The van der Waals surface area contributed by atoms with Crippen LogP contribution in [0.5, 0.6) is 5.75 Å². The first-order valence-corrected chi connectivity index (χ1v) is 5.61. The maximum Gasteiger partial charge on any atom is 0.198 e. The summed E-state index contributed by atoms with van der Waals surface area (Å²) in [6.07, 6.45) is 2.64. The average Bonchev–Trinajstić information content (AvgIpc) is 2.89. The minimum absolute atomic E-state index is 0.0201. The molecule has 0 aliphatic rings. The van der Waals surface area contributed by atoms with E-state index >= 15 is 0 Å². The molecule has 0 fully saturated rings. The van der Waals surface area contributed by atoms with E-state index in [1.807, 2.05) is 30.3 Å². The summed E-state index contributed by atoms with van der Waals surface area (Å²) in [4.78, 5) is 11.6. The number of carbonyl (C=O) groups excluding carboxylic acids is 1. The lowest BCUT2D eigenvalue weighted by atomic mass is 10.2. The third-order valence-corrected chi connectivity index (χ3v) is 2.36. The summed E-state index contributed by atoms with van der Waals surface area (Å²) in [6.45, 7) is 0.538. The maximum absolute atomic E-state index is 11.6. The van der Waals surface area contributed by atoms with Gasteiger partial charge < -0.3 is 9.15 Å². The fraction of sp³-hybridized carbons (Fsp3) is 0.214. The van der Waals surface area contributed by atoms with Gasteiger partial charge in [-0.25, -0.2) is 0 Å². The number of ketones is 1. The quantitative estimate of drug-likeness (QED) is 0.564. The molecule has 0 amide bonds. The second-order valence-corrected chi connectivity index (χ2v) is 3.67. The molecule has 1 aromatic heterocycles. The van der Waals surface area contributed by atoms with Gasteiger partial charge in [0.05, 0.1) is 12.9 Å². The monoisotopic (exact) mass is 230 g/mol.